The van der Waals surface area contributed by atoms with Gasteiger partial charge in [0.2, 0.25) is 0 Å². The summed E-state index contributed by atoms with van der Waals surface area (Å²) in [6.07, 6.45) is 2.96. The highest BCUT2D eigenvalue weighted by Crippen LogP contribution is 2.25. The molecule has 0 aliphatic carbocycles. The molecule has 7 heteroatoms. The number of hydrogen-bond acceptors (Lipinski definition) is 5. The largest absolute Gasteiger partial charge is 0.495 e. The van der Waals surface area contributed by atoms with Crippen molar-refractivity contribution in [2.75, 3.05) is 7.11 Å². The van der Waals surface area contributed by atoms with Gasteiger partial charge in [-0.2, -0.15) is 14.6 Å². The van der Waals surface area contributed by atoms with Crippen LogP contribution in [-0.4, -0.2) is 31.3 Å². The highest BCUT2D eigenvalue weighted by atomic mass is 16.5. The van der Waals surface area contributed by atoms with E-state index >= 15 is 0 Å². The van der Waals surface area contributed by atoms with E-state index in [9.17, 15) is 4.79 Å². The molecular weight excluding hydrogens is 306 g/mol. The number of aryl methyl sites for hydroxylation is 2. The van der Waals surface area contributed by atoms with Crippen LogP contribution in [0.3, 0.4) is 0 Å². The van der Waals surface area contributed by atoms with Crippen molar-refractivity contribution in [1.29, 1.82) is 0 Å². The molecule has 0 fully saturated rings. The van der Waals surface area contributed by atoms with E-state index in [1.54, 1.807) is 22.4 Å². The van der Waals surface area contributed by atoms with Crippen molar-refractivity contribution in [2.45, 2.75) is 13.8 Å². The topological polar surface area (TPSA) is 74.3 Å². The van der Waals surface area contributed by atoms with Gasteiger partial charge in [0.05, 0.1) is 23.7 Å². The van der Waals surface area contributed by atoms with Gasteiger partial charge in [-0.15, -0.1) is 0 Å². The van der Waals surface area contributed by atoms with Crippen LogP contribution in [0.25, 0.3) is 22.4 Å². The fourth-order valence-corrected chi connectivity index (χ4v) is 2.92. The van der Waals surface area contributed by atoms with Crippen molar-refractivity contribution in [3.63, 3.8) is 0 Å². The van der Waals surface area contributed by atoms with E-state index in [1.807, 2.05) is 38.1 Å². The summed E-state index contributed by atoms with van der Waals surface area (Å²) in [6.45, 7) is 3.86. The Morgan fingerprint density at radius 1 is 1.12 bits per heavy atom. The zero-order valence-electron chi connectivity index (χ0n) is 13.5. The minimum atomic E-state index is -0.168. The van der Waals surface area contributed by atoms with Gasteiger partial charge in [0.1, 0.15) is 12.1 Å². The number of pyridine rings is 1. The first-order valence-electron chi connectivity index (χ1n) is 7.46. The van der Waals surface area contributed by atoms with Crippen LogP contribution in [0.5, 0.6) is 5.75 Å². The number of nitrogens with zero attached hydrogens (tertiary/aromatic N) is 5. The first-order valence-corrected chi connectivity index (χ1v) is 7.46. The minimum Gasteiger partial charge on any atom is -0.495 e. The van der Waals surface area contributed by atoms with E-state index in [1.165, 1.54) is 6.33 Å². The third-order valence-electron chi connectivity index (χ3n) is 4.05. The molecule has 1 aromatic carbocycles. The van der Waals surface area contributed by atoms with Crippen molar-refractivity contribution in [3.8, 4) is 11.4 Å². The second-order valence-corrected chi connectivity index (χ2v) is 5.63. The molecule has 4 rings (SSSR count). The molecule has 120 valence electrons. The van der Waals surface area contributed by atoms with Crippen molar-refractivity contribution >= 4 is 16.7 Å². The van der Waals surface area contributed by atoms with Crippen LogP contribution in [0.4, 0.5) is 0 Å². The number of ether oxygens (including phenoxy) is 1. The summed E-state index contributed by atoms with van der Waals surface area (Å²) in [6, 6.07) is 7.65. The maximum Gasteiger partial charge on any atom is 0.266 e. The smallest absolute Gasteiger partial charge is 0.266 e. The molecule has 0 N–H and O–H groups in total. The Hall–Kier alpha value is -3.22. The summed E-state index contributed by atoms with van der Waals surface area (Å²) in [5, 5.41) is 4.62. The SMILES string of the molecule is COc1ccc(C)cc1-n1c(C)cc2c(cnc3ncnn32)c1=O. The van der Waals surface area contributed by atoms with Gasteiger partial charge in [-0.25, -0.2) is 4.98 Å². The lowest BCUT2D eigenvalue weighted by molar-refractivity contribution is 0.412. The standard InChI is InChI=1S/C17H15N5O2/c1-10-4-5-15(24-3)14(6-10)21-11(2)7-13-12(16(21)23)8-18-17-19-9-20-22(13)17/h4-9H,1-3H3. The normalized spacial score (nSPS) is 11.3. The molecule has 0 spiro atoms. The average molecular weight is 321 g/mol. The van der Waals surface area contributed by atoms with Gasteiger partial charge in [-0.3, -0.25) is 9.36 Å². The minimum absolute atomic E-state index is 0.168. The summed E-state index contributed by atoms with van der Waals surface area (Å²) in [4.78, 5) is 21.4. The molecule has 0 aliphatic heterocycles. The summed E-state index contributed by atoms with van der Waals surface area (Å²) in [7, 11) is 1.59. The molecule has 0 saturated carbocycles. The van der Waals surface area contributed by atoms with Crippen LogP contribution < -0.4 is 10.3 Å². The van der Waals surface area contributed by atoms with Crippen LogP contribution in [0.2, 0.25) is 0 Å². The molecule has 0 amide bonds. The van der Waals surface area contributed by atoms with Gasteiger partial charge in [0.25, 0.3) is 11.3 Å². The van der Waals surface area contributed by atoms with Crippen LogP contribution in [0, 0.1) is 13.8 Å². The zero-order valence-corrected chi connectivity index (χ0v) is 13.5. The molecule has 0 saturated heterocycles. The molecule has 3 heterocycles. The molecule has 7 nitrogen and oxygen atoms in total. The van der Waals surface area contributed by atoms with Crippen molar-refractivity contribution < 1.29 is 4.74 Å². The Morgan fingerprint density at radius 2 is 1.96 bits per heavy atom. The van der Waals surface area contributed by atoms with Gasteiger partial charge < -0.3 is 4.74 Å². The monoisotopic (exact) mass is 321 g/mol. The van der Waals surface area contributed by atoms with Crippen LogP contribution >= 0.6 is 0 Å². The quantitative estimate of drug-likeness (QED) is 0.565. The average Bonchev–Trinajstić information content (AvgIpc) is 3.04. The Morgan fingerprint density at radius 3 is 2.75 bits per heavy atom. The van der Waals surface area contributed by atoms with E-state index in [0.717, 1.165) is 11.3 Å². The molecule has 3 aromatic heterocycles. The lowest BCUT2D eigenvalue weighted by atomic mass is 10.1. The van der Waals surface area contributed by atoms with Gasteiger partial charge >= 0.3 is 0 Å². The summed E-state index contributed by atoms with van der Waals surface area (Å²) in [5.74, 6) is 1.10. The summed E-state index contributed by atoms with van der Waals surface area (Å²) in [5.41, 5.74) is 3.05. The maximum absolute atomic E-state index is 13.1. The maximum atomic E-state index is 13.1. The number of methoxy groups -OCH3 is 1. The number of fused-ring (bicyclic) bond motifs is 3. The Bertz CT molecular complexity index is 1140. The van der Waals surface area contributed by atoms with Gasteiger partial charge in [0.15, 0.2) is 0 Å². The summed E-state index contributed by atoms with van der Waals surface area (Å²) >= 11 is 0. The van der Waals surface area contributed by atoms with Gasteiger partial charge in [0, 0.05) is 11.9 Å². The zero-order chi connectivity index (χ0) is 16.8. The van der Waals surface area contributed by atoms with Crippen LogP contribution in [-0.2, 0) is 0 Å². The Labute approximate surface area is 137 Å². The third-order valence-corrected chi connectivity index (χ3v) is 4.05. The molecule has 24 heavy (non-hydrogen) atoms. The number of aromatic nitrogens is 5. The van der Waals surface area contributed by atoms with E-state index in [0.29, 0.717) is 28.1 Å². The second-order valence-electron chi connectivity index (χ2n) is 5.63. The highest BCUT2D eigenvalue weighted by Gasteiger charge is 2.15. The number of hydrogen-bond donors (Lipinski definition) is 0. The van der Waals surface area contributed by atoms with Crippen molar-refractivity contribution in [1.82, 2.24) is 24.1 Å². The molecule has 0 unspecified atom stereocenters. The lowest BCUT2D eigenvalue weighted by Gasteiger charge is -2.15. The van der Waals surface area contributed by atoms with Gasteiger partial charge in [-0.05, 0) is 37.6 Å². The Balaban J connectivity index is 2.13. The predicted molar refractivity (Wildman–Crippen MR) is 89.9 cm³/mol. The highest BCUT2D eigenvalue weighted by molar-refractivity contribution is 5.79. The number of benzene rings is 1. The molecule has 0 atom stereocenters. The van der Waals surface area contributed by atoms with Crippen molar-refractivity contribution in [2.24, 2.45) is 0 Å². The first kappa shape index (κ1) is 14.4. The summed E-state index contributed by atoms with van der Waals surface area (Å²) < 4.78 is 8.64. The first-order chi connectivity index (χ1) is 11.6. The van der Waals surface area contributed by atoms with E-state index in [-0.39, 0.29) is 5.56 Å². The number of rotatable bonds is 2. The predicted octanol–water partition coefficient (Wildman–Crippen LogP) is 2.05. The molecule has 0 bridgehead atoms. The van der Waals surface area contributed by atoms with Crippen LogP contribution in [0.1, 0.15) is 11.3 Å². The fraction of sp³-hybridized carbons (Fsp3) is 0.176. The van der Waals surface area contributed by atoms with E-state index in [2.05, 4.69) is 15.1 Å². The van der Waals surface area contributed by atoms with E-state index in [4.69, 9.17) is 4.74 Å². The molecule has 0 aliphatic rings. The van der Waals surface area contributed by atoms with Crippen LogP contribution in [0.15, 0.2) is 41.6 Å². The Kier molecular flexibility index (Phi) is 3.09. The van der Waals surface area contributed by atoms with Gasteiger partial charge in [-0.1, -0.05) is 6.07 Å². The fourth-order valence-electron chi connectivity index (χ4n) is 2.92. The third kappa shape index (κ3) is 1.98. The molecular formula is C17H15N5O2. The van der Waals surface area contributed by atoms with Crippen molar-refractivity contribution in [3.05, 3.63) is 58.4 Å². The second kappa shape index (κ2) is 5.16. The van der Waals surface area contributed by atoms with E-state index < -0.39 is 0 Å². The molecule has 0 radical (unpaired) electrons. The molecule has 4 aromatic rings. The lowest BCUT2D eigenvalue weighted by Crippen LogP contribution is -2.22.